The van der Waals surface area contributed by atoms with Crippen molar-refractivity contribution in [2.75, 3.05) is 36.4 Å². The van der Waals surface area contributed by atoms with E-state index in [1.54, 1.807) is 24.4 Å². The summed E-state index contributed by atoms with van der Waals surface area (Å²) in [5.74, 6) is -0.131. The van der Waals surface area contributed by atoms with Gasteiger partial charge in [-0.15, -0.1) is 0 Å². The quantitative estimate of drug-likeness (QED) is 0.504. The molecular weight excluding hydrogens is 458 g/mol. The summed E-state index contributed by atoms with van der Waals surface area (Å²) in [6, 6.07) is 13.8. The van der Waals surface area contributed by atoms with Crippen molar-refractivity contribution in [1.29, 1.82) is 5.26 Å². The SMILES string of the molecule is N#Cc1cccc(-c2cnc(N3CCC(N4CCCCC4)CC3)nc2NCc2c(F)cccc2F)c1. The van der Waals surface area contributed by atoms with Crippen LogP contribution in [0.1, 0.15) is 43.2 Å². The van der Waals surface area contributed by atoms with E-state index in [9.17, 15) is 14.0 Å². The fourth-order valence-corrected chi connectivity index (χ4v) is 5.22. The molecule has 0 aliphatic carbocycles. The highest BCUT2D eigenvalue weighted by Gasteiger charge is 2.27. The zero-order chi connectivity index (χ0) is 24.9. The second kappa shape index (κ2) is 11.0. The molecule has 0 amide bonds. The lowest BCUT2D eigenvalue weighted by Crippen LogP contribution is -2.47. The molecule has 3 aromatic rings. The summed E-state index contributed by atoms with van der Waals surface area (Å²) in [5, 5.41) is 12.5. The average Bonchev–Trinajstić information content (AvgIpc) is 2.93. The molecule has 0 radical (unpaired) electrons. The fraction of sp³-hybridized carbons (Fsp3) is 0.393. The van der Waals surface area contributed by atoms with Crippen molar-refractivity contribution in [3.63, 3.8) is 0 Å². The second-order valence-electron chi connectivity index (χ2n) is 9.49. The van der Waals surface area contributed by atoms with Gasteiger partial charge >= 0.3 is 0 Å². The van der Waals surface area contributed by atoms with Gasteiger partial charge in [0.25, 0.3) is 0 Å². The highest BCUT2D eigenvalue weighted by atomic mass is 19.1. The van der Waals surface area contributed by atoms with Crippen molar-refractivity contribution in [3.05, 3.63) is 71.4 Å². The van der Waals surface area contributed by atoms with Gasteiger partial charge in [-0.05, 0) is 68.6 Å². The average molecular weight is 489 g/mol. The van der Waals surface area contributed by atoms with Gasteiger partial charge in [0, 0.05) is 43.0 Å². The zero-order valence-corrected chi connectivity index (χ0v) is 20.3. The Balaban J connectivity index is 1.39. The Bertz CT molecular complexity index is 1220. The Kier molecular flexibility index (Phi) is 7.38. The smallest absolute Gasteiger partial charge is 0.227 e. The van der Waals surface area contributed by atoms with Crippen molar-refractivity contribution in [2.45, 2.75) is 44.7 Å². The molecule has 6 nitrogen and oxygen atoms in total. The van der Waals surface area contributed by atoms with Crippen LogP contribution in [0.4, 0.5) is 20.5 Å². The number of hydrogen-bond acceptors (Lipinski definition) is 6. The maximum absolute atomic E-state index is 14.3. The molecule has 1 N–H and O–H groups in total. The van der Waals surface area contributed by atoms with E-state index in [0.717, 1.165) is 31.5 Å². The third-order valence-corrected chi connectivity index (χ3v) is 7.23. The second-order valence-corrected chi connectivity index (χ2v) is 9.49. The van der Waals surface area contributed by atoms with Gasteiger partial charge in [0.2, 0.25) is 5.95 Å². The summed E-state index contributed by atoms with van der Waals surface area (Å²) < 4.78 is 28.5. The summed E-state index contributed by atoms with van der Waals surface area (Å²) in [7, 11) is 0. The Morgan fingerprint density at radius 1 is 0.972 bits per heavy atom. The van der Waals surface area contributed by atoms with Gasteiger partial charge in [-0.3, -0.25) is 0 Å². The number of nitriles is 1. The number of aromatic nitrogens is 2. The van der Waals surface area contributed by atoms with Crippen molar-refractivity contribution in [3.8, 4) is 17.2 Å². The number of piperidine rings is 2. The van der Waals surface area contributed by atoms with Gasteiger partial charge in [-0.25, -0.2) is 13.8 Å². The van der Waals surface area contributed by atoms with Crippen molar-refractivity contribution < 1.29 is 8.78 Å². The van der Waals surface area contributed by atoms with Gasteiger partial charge in [-0.2, -0.15) is 10.2 Å². The topological polar surface area (TPSA) is 68.1 Å². The first-order chi connectivity index (χ1) is 17.6. The normalized spacial score (nSPS) is 17.1. The summed E-state index contributed by atoms with van der Waals surface area (Å²) in [6.07, 6.45) is 7.77. The third kappa shape index (κ3) is 5.31. The molecule has 2 aliphatic rings. The minimum absolute atomic E-state index is 0.0447. The van der Waals surface area contributed by atoms with E-state index in [-0.39, 0.29) is 12.1 Å². The molecule has 2 fully saturated rings. The van der Waals surface area contributed by atoms with Crippen LogP contribution < -0.4 is 10.2 Å². The van der Waals surface area contributed by atoms with E-state index < -0.39 is 11.6 Å². The van der Waals surface area contributed by atoms with Crippen LogP contribution in [-0.4, -0.2) is 47.1 Å². The number of benzene rings is 2. The number of hydrogen-bond donors (Lipinski definition) is 1. The van der Waals surface area contributed by atoms with Crippen LogP contribution in [-0.2, 0) is 6.54 Å². The molecule has 0 atom stereocenters. The lowest BCUT2D eigenvalue weighted by molar-refractivity contribution is 0.141. The molecule has 0 saturated carbocycles. The molecular formula is C28H30F2N6. The summed E-state index contributed by atoms with van der Waals surface area (Å²) in [6.45, 7) is 4.06. The first-order valence-electron chi connectivity index (χ1n) is 12.7. The predicted molar refractivity (Wildman–Crippen MR) is 137 cm³/mol. The van der Waals surface area contributed by atoms with Gasteiger partial charge in [-0.1, -0.05) is 24.6 Å². The lowest BCUT2D eigenvalue weighted by Gasteiger charge is -2.40. The summed E-state index contributed by atoms with van der Waals surface area (Å²) in [5.41, 5.74) is 1.91. The number of anilines is 2. The predicted octanol–water partition coefficient (Wildman–Crippen LogP) is 5.36. The van der Waals surface area contributed by atoms with Gasteiger partial charge in [0.15, 0.2) is 0 Å². The van der Waals surface area contributed by atoms with Crippen LogP contribution in [0.3, 0.4) is 0 Å². The summed E-state index contributed by atoms with van der Waals surface area (Å²) in [4.78, 5) is 14.3. The van der Waals surface area contributed by atoms with Crippen molar-refractivity contribution in [1.82, 2.24) is 14.9 Å². The van der Waals surface area contributed by atoms with E-state index in [1.165, 1.54) is 50.6 Å². The van der Waals surface area contributed by atoms with Crippen molar-refractivity contribution >= 4 is 11.8 Å². The molecule has 8 heteroatoms. The third-order valence-electron chi connectivity index (χ3n) is 7.23. The van der Waals surface area contributed by atoms with Crippen LogP contribution in [0.15, 0.2) is 48.7 Å². The molecule has 2 aromatic carbocycles. The Labute approximate surface area is 210 Å². The molecule has 0 spiro atoms. The van der Waals surface area contributed by atoms with Crippen LogP contribution in [0, 0.1) is 23.0 Å². The minimum atomic E-state index is -0.607. The summed E-state index contributed by atoms with van der Waals surface area (Å²) >= 11 is 0. The molecule has 2 saturated heterocycles. The van der Waals surface area contributed by atoms with Crippen LogP contribution in [0.2, 0.25) is 0 Å². The van der Waals surface area contributed by atoms with Crippen LogP contribution in [0.5, 0.6) is 0 Å². The monoisotopic (exact) mass is 488 g/mol. The highest BCUT2D eigenvalue weighted by Crippen LogP contribution is 2.30. The lowest BCUT2D eigenvalue weighted by atomic mass is 10.00. The van der Waals surface area contributed by atoms with E-state index >= 15 is 0 Å². The molecule has 186 valence electrons. The zero-order valence-electron chi connectivity index (χ0n) is 20.3. The Morgan fingerprint density at radius 2 is 1.69 bits per heavy atom. The molecule has 36 heavy (non-hydrogen) atoms. The van der Waals surface area contributed by atoms with Gasteiger partial charge < -0.3 is 15.1 Å². The highest BCUT2D eigenvalue weighted by molar-refractivity contribution is 5.76. The number of nitrogens with one attached hydrogen (secondary N) is 1. The Hall–Kier alpha value is -3.57. The molecule has 1 aromatic heterocycles. The van der Waals surface area contributed by atoms with Gasteiger partial charge in [0.1, 0.15) is 17.5 Å². The molecule has 0 bridgehead atoms. The number of nitrogens with zero attached hydrogens (tertiary/aromatic N) is 5. The maximum atomic E-state index is 14.3. The number of halogens is 2. The molecule has 2 aliphatic heterocycles. The minimum Gasteiger partial charge on any atom is -0.365 e. The largest absolute Gasteiger partial charge is 0.365 e. The Morgan fingerprint density at radius 3 is 2.42 bits per heavy atom. The van der Waals surface area contributed by atoms with E-state index in [1.807, 2.05) is 6.07 Å². The van der Waals surface area contributed by atoms with Crippen LogP contribution >= 0.6 is 0 Å². The van der Waals surface area contributed by atoms with E-state index in [4.69, 9.17) is 4.98 Å². The first-order valence-corrected chi connectivity index (χ1v) is 12.7. The number of likely N-dealkylation sites (tertiary alicyclic amines) is 1. The fourth-order valence-electron chi connectivity index (χ4n) is 5.22. The van der Waals surface area contributed by atoms with E-state index in [0.29, 0.717) is 28.9 Å². The van der Waals surface area contributed by atoms with Crippen molar-refractivity contribution in [2.24, 2.45) is 0 Å². The first kappa shape index (κ1) is 24.1. The maximum Gasteiger partial charge on any atom is 0.227 e. The molecule has 5 rings (SSSR count). The molecule has 0 unspecified atom stereocenters. The van der Waals surface area contributed by atoms with Crippen LogP contribution in [0.25, 0.3) is 11.1 Å². The standard InChI is InChI=1S/C28H30F2N6/c29-25-8-5-9-26(30)24(25)19-32-27-23(21-7-4-6-20(16-21)17-31)18-33-28(34-27)36-14-10-22(11-15-36)35-12-2-1-3-13-35/h4-9,16,18,22H,1-3,10-15,19H2,(H,32,33,34). The molecule has 3 heterocycles. The number of rotatable bonds is 6. The van der Waals surface area contributed by atoms with Gasteiger partial charge in [0.05, 0.1) is 11.6 Å². The van der Waals surface area contributed by atoms with E-state index in [2.05, 4.69) is 26.2 Å².